The predicted octanol–water partition coefficient (Wildman–Crippen LogP) is -0.0777. The number of amides is 2. The van der Waals surface area contributed by atoms with E-state index in [0.717, 1.165) is 25.2 Å². The van der Waals surface area contributed by atoms with Gasteiger partial charge in [0, 0.05) is 51.3 Å². The van der Waals surface area contributed by atoms with Crippen molar-refractivity contribution < 1.29 is 9.59 Å². The van der Waals surface area contributed by atoms with Gasteiger partial charge in [0.15, 0.2) is 0 Å². The highest BCUT2D eigenvalue weighted by atomic mass is 16.2. The quantitative estimate of drug-likeness (QED) is 0.820. The van der Waals surface area contributed by atoms with Gasteiger partial charge in [-0.25, -0.2) is 9.99 Å². The summed E-state index contributed by atoms with van der Waals surface area (Å²) < 4.78 is 2.06. The minimum absolute atomic E-state index is 0.0535. The second kappa shape index (κ2) is 5.07. The first-order valence-electron chi connectivity index (χ1n) is 6.78. The summed E-state index contributed by atoms with van der Waals surface area (Å²) in [6.07, 6.45) is 6.22. The number of carbonyl (C=O) groups is 2. The van der Waals surface area contributed by atoms with Crippen molar-refractivity contribution in [1.29, 1.82) is 0 Å². The lowest BCUT2D eigenvalue weighted by atomic mass is 10.1. The van der Waals surface area contributed by atoms with Crippen LogP contribution in [0.3, 0.4) is 0 Å². The maximum Gasteiger partial charge on any atom is 0.267 e. The molecule has 0 saturated carbocycles. The summed E-state index contributed by atoms with van der Waals surface area (Å²) in [7, 11) is 1.58. The zero-order chi connectivity index (χ0) is 14.1. The lowest BCUT2D eigenvalue weighted by Crippen LogP contribution is -2.45. The largest absolute Gasteiger partial charge is 0.346 e. The molecule has 0 bridgehead atoms. The van der Waals surface area contributed by atoms with E-state index in [2.05, 4.69) is 20.0 Å². The van der Waals surface area contributed by atoms with Crippen molar-refractivity contribution in [2.24, 2.45) is 5.10 Å². The third-order valence-corrected chi connectivity index (χ3v) is 3.74. The van der Waals surface area contributed by atoms with Crippen molar-refractivity contribution in [1.82, 2.24) is 19.9 Å². The molecule has 0 aliphatic carbocycles. The summed E-state index contributed by atoms with van der Waals surface area (Å²) in [6.45, 7) is 0.739. The number of hydrogen-bond donors (Lipinski definition) is 1. The fourth-order valence-electron chi connectivity index (χ4n) is 2.59. The Morgan fingerprint density at radius 3 is 3.05 bits per heavy atom. The molecule has 0 fully saturated rings. The first-order chi connectivity index (χ1) is 9.63. The van der Waals surface area contributed by atoms with Gasteiger partial charge in [0.1, 0.15) is 11.5 Å². The molecule has 20 heavy (non-hydrogen) atoms. The van der Waals surface area contributed by atoms with Gasteiger partial charge in [0.2, 0.25) is 5.91 Å². The number of fused-ring (bicyclic) bond motifs is 1. The number of rotatable bonds is 2. The molecule has 1 atom stereocenters. The molecule has 3 heterocycles. The minimum Gasteiger partial charge on any atom is -0.346 e. The maximum absolute atomic E-state index is 12.2. The van der Waals surface area contributed by atoms with E-state index in [4.69, 9.17) is 0 Å². The molecule has 0 spiro atoms. The molecule has 1 aromatic heterocycles. The van der Waals surface area contributed by atoms with Crippen LogP contribution >= 0.6 is 0 Å². The normalized spacial score (nSPS) is 22.2. The van der Waals surface area contributed by atoms with Crippen LogP contribution in [0, 0.1) is 0 Å². The number of aromatic nitrogens is 2. The Balaban J connectivity index is 1.63. The van der Waals surface area contributed by atoms with Crippen LogP contribution < -0.4 is 5.32 Å². The van der Waals surface area contributed by atoms with Gasteiger partial charge in [-0.1, -0.05) is 0 Å². The van der Waals surface area contributed by atoms with Gasteiger partial charge in [0.25, 0.3) is 5.91 Å². The van der Waals surface area contributed by atoms with E-state index in [-0.39, 0.29) is 17.9 Å². The SMILES string of the molecule is CN1N=C(C(=O)NC2CCc3nccn3C2)CCC1=O. The second-order valence-corrected chi connectivity index (χ2v) is 5.17. The van der Waals surface area contributed by atoms with Crippen molar-refractivity contribution in [3.05, 3.63) is 18.2 Å². The Labute approximate surface area is 116 Å². The zero-order valence-corrected chi connectivity index (χ0v) is 11.4. The standard InChI is InChI=1S/C13H17N5O2/c1-17-12(19)5-3-10(16-17)13(20)15-9-2-4-11-14-6-7-18(11)8-9/h6-7,9H,2-5,8H2,1H3,(H,15,20). The molecule has 0 aromatic carbocycles. The summed E-state index contributed by atoms with van der Waals surface area (Å²) in [6, 6.07) is 0.0924. The highest BCUT2D eigenvalue weighted by Crippen LogP contribution is 2.14. The molecular formula is C13H17N5O2. The van der Waals surface area contributed by atoms with Crippen LogP contribution in [0.4, 0.5) is 0 Å². The van der Waals surface area contributed by atoms with Crippen LogP contribution in [0.1, 0.15) is 25.1 Å². The average molecular weight is 275 g/mol. The molecule has 0 radical (unpaired) electrons. The number of carbonyl (C=O) groups excluding carboxylic acids is 2. The Bertz CT molecular complexity index is 577. The molecule has 106 valence electrons. The van der Waals surface area contributed by atoms with Gasteiger partial charge in [-0.15, -0.1) is 0 Å². The number of hydrogen-bond acceptors (Lipinski definition) is 4. The molecule has 7 heteroatoms. The smallest absolute Gasteiger partial charge is 0.267 e. The lowest BCUT2D eigenvalue weighted by Gasteiger charge is -2.26. The van der Waals surface area contributed by atoms with Crippen molar-refractivity contribution in [2.45, 2.75) is 38.3 Å². The van der Waals surface area contributed by atoms with Crippen LogP contribution in [0.2, 0.25) is 0 Å². The van der Waals surface area contributed by atoms with E-state index in [0.29, 0.717) is 18.6 Å². The fourth-order valence-corrected chi connectivity index (χ4v) is 2.59. The average Bonchev–Trinajstić information content (AvgIpc) is 2.89. The number of imidazole rings is 1. The molecule has 1 aromatic rings. The van der Waals surface area contributed by atoms with Gasteiger partial charge in [0.05, 0.1) is 0 Å². The van der Waals surface area contributed by atoms with E-state index in [1.54, 1.807) is 13.2 Å². The molecule has 1 N–H and O–H groups in total. The molecule has 2 amide bonds. The Morgan fingerprint density at radius 2 is 2.25 bits per heavy atom. The Kier molecular flexibility index (Phi) is 3.25. The fraction of sp³-hybridized carbons (Fsp3) is 0.538. The maximum atomic E-state index is 12.2. The molecule has 3 rings (SSSR count). The van der Waals surface area contributed by atoms with E-state index in [9.17, 15) is 9.59 Å². The third-order valence-electron chi connectivity index (χ3n) is 3.74. The molecule has 7 nitrogen and oxygen atoms in total. The summed E-state index contributed by atoms with van der Waals surface area (Å²) in [5.41, 5.74) is 0.434. The summed E-state index contributed by atoms with van der Waals surface area (Å²) in [5.74, 6) is 0.844. The van der Waals surface area contributed by atoms with Crippen LogP contribution in [0.25, 0.3) is 0 Å². The Morgan fingerprint density at radius 1 is 1.40 bits per heavy atom. The number of nitrogens with zero attached hydrogens (tertiary/aromatic N) is 4. The van der Waals surface area contributed by atoms with Gasteiger partial charge in [-0.3, -0.25) is 9.59 Å². The molecule has 0 saturated heterocycles. The van der Waals surface area contributed by atoms with Crippen molar-refractivity contribution in [2.75, 3.05) is 7.05 Å². The van der Waals surface area contributed by atoms with Gasteiger partial charge >= 0.3 is 0 Å². The summed E-state index contributed by atoms with van der Waals surface area (Å²) >= 11 is 0. The zero-order valence-electron chi connectivity index (χ0n) is 11.4. The van der Waals surface area contributed by atoms with E-state index < -0.39 is 0 Å². The number of hydrazone groups is 1. The van der Waals surface area contributed by atoms with Crippen LogP contribution in [-0.2, 0) is 22.6 Å². The molecular weight excluding hydrogens is 258 g/mol. The second-order valence-electron chi connectivity index (χ2n) is 5.17. The third kappa shape index (κ3) is 2.43. The van der Waals surface area contributed by atoms with Crippen molar-refractivity contribution in [3.63, 3.8) is 0 Å². The van der Waals surface area contributed by atoms with E-state index >= 15 is 0 Å². The van der Waals surface area contributed by atoms with E-state index in [1.807, 2.05) is 6.20 Å². The monoisotopic (exact) mass is 275 g/mol. The highest BCUT2D eigenvalue weighted by Gasteiger charge is 2.25. The highest BCUT2D eigenvalue weighted by molar-refractivity contribution is 6.39. The van der Waals surface area contributed by atoms with Gasteiger partial charge in [-0.2, -0.15) is 5.10 Å². The van der Waals surface area contributed by atoms with E-state index in [1.165, 1.54) is 5.01 Å². The van der Waals surface area contributed by atoms with Crippen LogP contribution in [0.5, 0.6) is 0 Å². The van der Waals surface area contributed by atoms with Gasteiger partial charge < -0.3 is 9.88 Å². The predicted molar refractivity (Wildman–Crippen MR) is 71.9 cm³/mol. The Hall–Kier alpha value is -2.18. The molecule has 2 aliphatic heterocycles. The van der Waals surface area contributed by atoms with Gasteiger partial charge in [-0.05, 0) is 6.42 Å². The molecule has 2 aliphatic rings. The van der Waals surface area contributed by atoms with Crippen molar-refractivity contribution in [3.8, 4) is 0 Å². The van der Waals surface area contributed by atoms with Crippen LogP contribution in [-0.4, -0.2) is 45.2 Å². The topological polar surface area (TPSA) is 79.6 Å². The van der Waals surface area contributed by atoms with Crippen LogP contribution in [0.15, 0.2) is 17.5 Å². The lowest BCUT2D eigenvalue weighted by molar-refractivity contribution is -0.130. The first kappa shape index (κ1) is 12.8. The number of aryl methyl sites for hydroxylation is 1. The minimum atomic E-state index is -0.169. The molecule has 1 unspecified atom stereocenters. The first-order valence-corrected chi connectivity index (χ1v) is 6.78. The summed E-state index contributed by atoms with van der Waals surface area (Å²) in [5, 5.41) is 8.27. The number of nitrogens with one attached hydrogen (secondary N) is 1. The van der Waals surface area contributed by atoms with Crippen molar-refractivity contribution >= 4 is 17.5 Å². The summed E-state index contributed by atoms with van der Waals surface area (Å²) in [4.78, 5) is 27.8.